The number of rotatable bonds is 5. The summed E-state index contributed by atoms with van der Waals surface area (Å²) in [6.45, 7) is 10.6. The van der Waals surface area contributed by atoms with Gasteiger partial charge in [0.25, 0.3) is 0 Å². The van der Waals surface area contributed by atoms with E-state index in [0.29, 0.717) is 28.4 Å². The zero-order chi connectivity index (χ0) is 35.1. The van der Waals surface area contributed by atoms with E-state index in [1.54, 1.807) is 0 Å². The number of para-hydroxylation sites is 1. The SMILES string of the molecule is C=N/C(=C\C=C/C)c1nc2c(nc1-n1c3ccccc3c3cc4ccccc4cc31)oc1cc(-c3ccc4c(c3)C(C)(C)c3ccccc3-4)ccc12. The first-order valence-corrected chi connectivity index (χ1v) is 17.7. The third-order valence-corrected chi connectivity index (χ3v) is 10.8. The summed E-state index contributed by atoms with van der Waals surface area (Å²) in [4.78, 5) is 15.1. The fraction of sp³-hybridized carbons (Fsp3) is 0.0851. The minimum absolute atomic E-state index is 0.0808. The summed E-state index contributed by atoms with van der Waals surface area (Å²) in [5.41, 5.74) is 12.7. The van der Waals surface area contributed by atoms with Gasteiger partial charge in [0.2, 0.25) is 5.71 Å². The minimum Gasteiger partial charge on any atom is -0.436 e. The molecule has 248 valence electrons. The molecule has 0 radical (unpaired) electrons. The standard InChI is InChI=1S/C47H34N4O/c1-5-6-18-39(48-4)44-45(51-40-19-12-10-16-34(40)36-24-28-13-7-8-14-29(28)26-41(36)51)50-46-43(49-44)35-23-21-31(27-42(35)52-46)30-20-22-33-32-15-9-11-17-37(32)47(2,3)38(33)25-30/h5-27H,4H2,1-3H3/b6-5-,39-18-. The number of aliphatic imine (C=N–C) groups is 1. The topological polar surface area (TPSA) is 56.2 Å². The molecule has 0 amide bonds. The summed E-state index contributed by atoms with van der Waals surface area (Å²) in [7, 11) is 0. The molecule has 52 heavy (non-hydrogen) atoms. The van der Waals surface area contributed by atoms with Gasteiger partial charge in [-0.3, -0.25) is 9.56 Å². The van der Waals surface area contributed by atoms with Gasteiger partial charge in [0.1, 0.15) is 16.8 Å². The van der Waals surface area contributed by atoms with Crippen LogP contribution in [0.5, 0.6) is 0 Å². The Morgan fingerprint density at radius 2 is 1.44 bits per heavy atom. The van der Waals surface area contributed by atoms with E-state index in [1.807, 2.05) is 25.2 Å². The molecule has 3 aromatic heterocycles. The van der Waals surface area contributed by atoms with Crippen molar-refractivity contribution in [1.29, 1.82) is 0 Å². The van der Waals surface area contributed by atoms with Crippen molar-refractivity contribution in [3.05, 3.63) is 156 Å². The molecule has 1 aliphatic carbocycles. The average molecular weight is 671 g/mol. The van der Waals surface area contributed by atoms with Gasteiger partial charge in [0, 0.05) is 21.6 Å². The van der Waals surface area contributed by atoms with Crippen molar-refractivity contribution in [3.63, 3.8) is 0 Å². The lowest BCUT2D eigenvalue weighted by Crippen LogP contribution is -2.14. The zero-order valence-corrected chi connectivity index (χ0v) is 29.2. The lowest BCUT2D eigenvalue weighted by atomic mass is 9.81. The van der Waals surface area contributed by atoms with Crippen molar-refractivity contribution in [3.8, 4) is 28.1 Å². The lowest BCUT2D eigenvalue weighted by Gasteiger charge is -2.22. The van der Waals surface area contributed by atoms with Gasteiger partial charge in [-0.1, -0.05) is 111 Å². The van der Waals surface area contributed by atoms with Crippen molar-refractivity contribution in [2.75, 3.05) is 0 Å². The summed E-state index contributed by atoms with van der Waals surface area (Å²) in [6.07, 6.45) is 5.86. The molecule has 6 aromatic carbocycles. The maximum absolute atomic E-state index is 6.61. The number of benzene rings is 6. The second-order valence-corrected chi connectivity index (χ2v) is 14.1. The van der Waals surface area contributed by atoms with Gasteiger partial charge in [-0.05, 0) is 100 Å². The van der Waals surface area contributed by atoms with E-state index in [2.05, 4.69) is 151 Å². The van der Waals surface area contributed by atoms with Gasteiger partial charge in [-0.15, -0.1) is 0 Å². The quantitative estimate of drug-likeness (QED) is 0.135. The van der Waals surface area contributed by atoms with E-state index < -0.39 is 0 Å². The predicted molar refractivity (Wildman–Crippen MR) is 216 cm³/mol. The summed E-state index contributed by atoms with van der Waals surface area (Å²) >= 11 is 0. The smallest absolute Gasteiger partial charge is 0.248 e. The molecule has 0 bridgehead atoms. The van der Waals surface area contributed by atoms with Crippen LogP contribution in [-0.4, -0.2) is 21.3 Å². The highest BCUT2D eigenvalue weighted by Crippen LogP contribution is 2.49. The number of hydrogen-bond donors (Lipinski definition) is 0. The Morgan fingerprint density at radius 1 is 0.712 bits per heavy atom. The van der Waals surface area contributed by atoms with Crippen molar-refractivity contribution in [1.82, 2.24) is 14.5 Å². The lowest BCUT2D eigenvalue weighted by molar-refractivity contribution is 0.651. The van der Waals surface area contributed by atoms with Crippen LogP contribution in [0.1, 0.15) is 37.6 Å². The van der Waals surface area contributed by atoms with Crippen LogP contribution in [0.25, 0.3) is 88.5 Å². The first kappa shape index (κ1) is 30.3. The van der Waals surface area contributed by atoms with Gasteiger partial charge < -0.3 is 4.42 Å². The van der Waals surface area contributed by atoms with Gasteiger partial charge in [0.05, 0.1) is 16.7 Å². The Bertz CT molecular complexity index is 3030. The minimum atomic E-state index is -0.0808. The molecule has 9 aromatic rings. The Kier molecular flexibility index (Phi) is 6.52. The number of fused-ring (bicyclic) bond motifs is 10. The van der Waals surface area contributed by atoms with Gasteiger partial charge in [0.15, 0.2) is 5.82 Å². The fourth-order valence-corrected chi connectivity index (χ4v) is 8.23. The van der Waals surface area contributed by atoms with Gasteiger partial charge in [-0.2, -0.15) is 4.98 Å². The third-order valence-electron chi connectivity index (χ3n) is 10.8. The van der Waals surface area contributed by atoms with Crippen molar-refractivity contribution in [2.45, 2.75) is 26.2 Å². The normalized spacial score (nSPS) is 13.9. The van der Waals surface area contributed by atoms with Crippen molar-refractivity contribution < 1.29 is 4.42 Å². The molecule has 0 spiro atoms. The molecule has 3 heterocycles. The predicted octanol–water partition coefficient (Wildman–Crippen LogP) is 12.2. The second kappa shape index (κ2) is 11.2. The van der Waals surface area contributed by atoms with E-state index in [0.717, 1.165) is 49.3 Å². The Balaban J connectivity index is 1.20. The van der Waals surface area contributed by atoms with E-state index in [1.165, 1.54) is 27.6 Å². The second-order valence-electron chi connectivity index (χ2n) is 14.1. The van der Waals surface area contributed by atoms with E-state index in [4.69, 9.17) is 14.4 Å². The van der Waals surface area contributed by atoms with E-state index in [-0.39, 0.29) is 5.41 Å². The van der Waals surface area contributed by atoms with Gasteiger partial charge in [-0.25, -0.2) is 4.98 Å². The molecule has 5 heteroatoms. The Hall–Kier alpha value is -6.59. The summed E-state index contributed by atoms with van der Waals surface area (Å²) in [5, 5.41) is 5.51. The molecular formula is C47H34N4O. The summed E-state index contributed by atoms with van der Waals surface area (Å²) < 4.78 is 8.81. The molecule has 5 nitrogen and oxygen atoms in total. The highest BCUT2D eigenvalue weighted by Gasteiger charge is 2.35. The van der Waals surface area contributed by atoms with Crippen LogP contribution in [-0.2, 0) is 5.41 Å². The highest BCUT2D eigenvalue weighted by molar-refractivity contribution is 6.14. The number of furan rings is 1. The fourth-order valence-electron chi connectivity index (χ4n) is 8.23. The molecular weight excluding hydrogens is 637 g/mol. The van der Waals surface area contributed by atoms with Crippen LogP contribution >= 0.6 is 0 Å². The molecule has 10 rings (SSSR count). The van der Waals surface area contributed by atoms with Crippen LogP contribution in [0.3, 0.4) is 0 Å². The molecule has 0 aliphatic heterocycles. The molecule has 0 unspecified atom stereocenters. The van der Waals surface area contributed by atoms with E-state index >= 15 is 0 Å². The number of allylic oxidation sites excluding steroid dienone is 3. The highest BCUT2D eigenvalue weighted by atomic mass is 16.3. The van der Waals surface area contributed by atoms with Crippen molar-refractivity contribution in [2.24, 2.45) is 4.99 Å². The first-order chi connectivity index (χ1) is 25.4. The Labute approximate surface area is 300 Å². The molecule has 0 saturated carbocycles. The number of aromatic nitrogens is 3. The third kappa shape index (κ3) is 4.32. The van der Waals surface area contributed by atoms with Crippen LogP contribution in [0, 0.1) is 0 Å². The van der Waals surface area contributed by atoms with Crippen LogP contribution in [0.2, 0.25) is 0 Å². The maximum atomic E-state index is 6.61. The van der Waals surface area contributed by atoms with Crippen LogP contribution in [0.15, 0.2) is 149 Å². The largest absolute Gasteiger partial charge is 0.436 e. The Morgan fingerprint density at radius 3 is 2.29 bits per heavy atom. The first-order valence-electron chi connectivity index (χ1n) is 17.7. The molecule has 0 fully saturated rings. The molecule has 0 saturated heterocycles. The zero-order valence-electron chi connectivity index (χ0n) is 29.2. The summed E-state index contributed by atoms with van der Waals surface area (Å²) in [6, 6.07) is 43.3. The maximum Gasteiger partial charge on any atom is 0.248 e. The summed E-state index contributed by atoms with van der Waals surface area (Å²) in [5.74, 6) is 0.636. The van der Waals surface area contributed by atoms with Crippen LogP contribution < -0.4 is 0 Å². The average Bonchev–Trinajstić information content (AvgIpc) is 3.78. The van der Waals surface area contributed by atoms with Crippen LogP contribution in [0.4, 0.5) is 0 Å². The van der Waals surface area contributed by atoms with Crippen molar-refractivity contribution >= 4 is 67.2 Å². The van der Waals surface area contributed by atoms with Gasteiger partial charge >= 0.3 is 0 Å². The van der Waals surface area contributed by atoms with E-state index in [9.17, 15) is 0 Å². The molecule has 1 aliphatic rings. The number of nitrogens with zero attached hydrogens (tertiary/aromatic N) is 4. The monoisotopic (exact) mass is 670 g/mol. The number of hydrogen-bond acceptors (Lipinski definition) is 4. The molecule has 0 atom stereocenters. The molecule has 0 N–H and O–H groups in total.